The van der Waals surface area contributed by atoms with Gasteiger partial charge in [-0.15, -0.1) is 0 Å². The van der Waals surface area contributed by atoms with Crippen molar-refractivity contribution in [3.63, 3.8) is 0 Å². The molecule has 0 aliphatic heterocycles. The molecule has 0 heterocycles. The summed E-state index contributed by atoms with van der Waals surface area (Å²) >= 11 is 0. The van der Waals surface area contributed by atoms with Gasteiger partial charge in [0.1, 0.15) is 11.5 Å². The second kappa shape index (κ2) is 4.34. The van der Waals surface area contributed by atoms with E-state index in [0.717, 1.165) is 5.56 Å². The molecule has 0 bridgehead atoms. The third kappa shape index (κ3) is 2.30. The van der Waals surface area contributed by atoms with Gasteiger partial charge in [0.2, 0.25) is 0 Å². The van der Waals surface area contributed by atoms with E-state index in [1.54, 1.807) is 13.2 Å². The molecule has 3 heteroatoms. The molecule has 1 fully saturated rings. The summed E-state index contributed by atoms with van der Waals surface area (Å²) in [6, 6.07) is 5.43. The normalized spacial score (nSPS) is 17.9. The van der Waals surface area contributed by atoms with Crippen molar-refractivity contribution in [2.45, 2.75) is 38.3 Å². The number of phenols is 1. The molecule has 16 heavy (non-hydrogen) atoms. The van der Waals surface area contributed by atoms with Crippen molar-refractivity contribution in [2.75, 3.05) is 7.11 Å². The molecule has 1 aliphatic carbocycles. The highest BCUT2D eigenvalue weighted by Crippen LogP contribution is 2.32. The lowest BCUT2D eigenvalue weighted by Gasteiger charge is -2.39. The Morgan fingerprint density at radius 1 is 1.44 bits per heavy atom. The molecule has 1 aromatic rings. The van der Waals surface area contributed by atoms with Crippen molar-refractivity contribution in [2.24, 2.45) is 0 Å². The van der Waals surface area contributed by atoms with Crippen LogP contribution < -0.4 is 10.1 Å². The first-order valence-corrected chi connectivity index (χ1v) is 5.74. The molecule has 0 amide bonds. The molecule has 0 unspecified atom stereocenters. The Bertz CT molecular complexity index is 372. The second-order valence-corrected chi connectivity index (χ2v) is 4.76. The fraction of sp³-hybridized carbons (Fsp3) is 0.538. The molecule has 1 aliphatic rings. The maximum atomic E-state index is 9.79. The van der Waals surface area contributed by atoms with E-state index in [0.29, 0.717) is 18.0 Å². The Balaban J connectivity index is 1.98. The molecule has 2 rings (SSSR count). The third-order valence-electron chi connectivity index (χ3n) is 3.46. The summed E-state index contributed by atoms with van der Waals surface area (Å²) < 4.78 is 5.05. The van der Waals surface area contributed by atoms with Gasteiger partial charge in [-0.3, -0.25) is 0 Å². The maximum absolute atomic E-state index is 9.79. The van der Waals surface area contributed by atoms with Crippen LogP contribution in [0.1, 0.15) is 31.7 Å². The lowest BCUT2D eigenvalue weighted by molar-refractivity contribution is 0.206. The monoisotopic (exact) mass is 221 g/mol. The number of rotatable bonds is 4. The van der Waals surface area contributed by atoms with Crippen LogP contribution in [0.4, 0.5) is 0 Å². The molecule has 1 saturated carbocycles. The number of phenolic OH excluding ortho intramolecular Hbond substituents is 1. The van der Waals surface area contributed by atoms with Crippen molar-refractivity contribution in [3.05, 3.63) is 23.8 Å². The van der Waals surface area contributed by atoms with Crippen LogP contribution in [0.2, 0.25) is 0 Å². The summed E-state index contributed by atoms with van der Waals surface area (Å²) in [6.45, 7) is 2.95. The molecule has 2 N–H and O–H groups in total. The molecule has 88 valence electrons. The molecule has 0 spiro atoms. The van der Waals surface area contributed by atoms with E-state index < -0.39 is 0 Å². The number of hydrogen-bond donors (Lipinski definition) is 2. The molecule has 1 aromatic carbocycles. The van der Waals surface area contributed by atoms with Crippen LogP contribution in [0.5, 0.6) is 11.5 Å². The van der Waals surface area contributed by atoms with Crippen LogP contribution in [0.25, 0.3) is 0 Å². The van der Waals surface area contributed by atoms with Crippen LogP contribution in [0.3, 0.4) is 0 Å². The van der Waals surface area contributed by atoms with Crippen molar-refractivity contribution in [1.82, 2.24) is 5.32 Å². The fourth-order valence-corrected chi connectivity index (χ4v) is 2.01. The predicted molar refractivity (Wildman–Crippen MR) is 63.8 cm³/mol. The second-order valence-electron chi connectivity index (χ2n) is 4.76. The average molecular weight is 221 g/mol. The first-order chi connectivity index (χ1) is 7.63. The first-order valence-electron chi connectivity index (χ1n) is 5.74. The van der Waals surface area contributed by atoms with Crippen LogP contribution in [0.15, 0.2) is 18.2 Å². The Labute approximate surface area is 96.4 Å². The third-order valence-corrected chi connectivity index (χ3v) is 3.46. The van der Waals surface area contributed by atoms with Gasteiger partial charge in [0.25, 0.3) is 0 Å². The molecule has 0 atom stereocenters. The highest BCUT2D eigenvalue weighted by atomic mass is 16.5. The van der Waals surface area contributed by atoms with Gasteiger partial charge >= 0.3 is 0 Å². The van der Waals surface area contributed by atoms with Gasteiger partial charge in [0, 0.05) is 23.7 Å². The zero-order valence-corrected chi connectivity index (χ0v) is 9.92. The smallest absolute Gasteiger partial charge is 0.123 e. The summed E-state index contributed by atoms with van der Waals surface area (Å²) in [5.41, 5.74) is 1.20. The minimum Gasteiger partial charge on any atom is -0.507 e. The number of nitrogens with one attached hydrogen (secondary N) is 1. The fourth-order valence-electron chi connectivity index (χ4n) is 2.01. The van der Waals surface area contributed by atoms with E-state index in [1.165, 1.54) is 19.3 Å². The Morgan fingerprint density at radius 3 is 2.69 bits per heavy atom. The van der Waals surface area contributed by atoms with Gasteiger partial charge in [0.15, 0.2) is 0 Å². The van der Waals surface area contributed by atoms with Crippen LogP contribution >= 0.6 is 0 Å². The Morgan fingerprint density at radius 2 is 2.19 bits per heavy atom. The minimum atomic E-state index is 0.270. The number of ether oxygens (including phenoxy) is 1. The summed E-state index contributed by atoms with van der Waals surface area (Å²) in [6.07, 6.45) is 3.76. The van der Waals surface area contributed by atoms with Crippen molar-refractivity contribution < 1.29 is 9.84 Å². The molecule has 0 aromatic heterocycles. The molecular formula is C13H19NO2. The summed E-state index contributed by atoms with van der Waals surface area (Å²) in [4.78, 5) is 0. The van der Waals surface area contributed by atoms with E-state index in [2.05, 4.69) is 12.2 Å². The minimum absolute atomic E-state index is 0.270. The quantitative estimate of drug-likeness (QED) is 0.820. The van der Waals surface area contributed by atoms with Crippen molar-refractivity contribution in [1.29, 1.82) is 0 Å². The highest BCUT2D eigenvalue weighted by molar-refractivity contribution is 5.39. The highest BCUT2D eigenvalue weighted by Gasteiger charge is 2.30. The van der Waals surface area contributed by atoms with Gasteiger partial charge in [-0.1, -0.05) is 6.07 Å². The Hall–Kier alpha value is -1.22. The van der Waals surface area contributed by atoms with Gasteiger partial charge in [0.05, 0.1) is 7.11 Å². The molecule has 0 radical (unpaired) electrons. The number of methoxy groups -OCH3 is 1. The molecule has 3 nitrogen and oxygen atoms in total. The topological polar surface area (TPSA) is 41.5 Å². The van der Waals surface area contributed by atoms with Gasteiger partial charge < -0.3 is 15.2 Å². The van der Waals surface area contributed by atoms with E-state index in [9.17, 15) is 5.11 Å². The Kier molecular flexibility index (Phi) is 3.06. The summed E-state index contributed by atoms with van der Waals surface area (Å²) in [7, 11) is 1.60. The van der Waals surface area contributed by atoms with Crippen LogP contribution in [-0.4, -0.2) is 17.8 Å². The SMILES string of the molecule is COc1ccc(CNC2(C)CCC2)c(O)c1. The molecular weight excluding hydrogens is 202 g/mol. The average Bonchev–Trinajstić information content (AvgIpc) is 2.25. The van der Waals surface area contributed by atoms with Crippen LogP contribution in [-0.2, 0) is 6.54 Å². The predicted octanol–water partition coefficient (Wildman–Crippen LogP) is 2.43. The standard InChI is InChI=1S/C13H19NO2/c1-13(6-3-7-13)14-9-10-4-5-11(16-2)8-12(10)15/h4-5,8,14-15H,3,6-7,9H2,1-2H3. The molecule has 0 saturated heterocycles. The van der Waals surface area contributed by atoms with E-state index in [-0.39, 0.29) is 5.54 Å². The zero-order chi connectivity index (χ0) is 11.6. The largest absolute Gasteiger partial charge is 0.507 e. The van der Waals surface area contributed by atoms with E-state index in [1.807, 2.05) is 12.1 Å². The maximum Gasteiger partial charge on any atom is 0.123 e. The lowest BCUT2D eigenvalue weighted by atomic mass is 9.78. The van der Waals surface area contributed by atoms with E-state index >= 15 is 0 Å². The van der Waals surface area contributed by atoms with Crippen LogP contribution in [0, 0.1) is 0 Å². The van der Waals surface area contributed by atoms with Crippen molar-refractivity contribution >= 4 is 0 Å². The van der Waals surface area contributed by atoms with Crippen molar-refractivity contribution in [3.8, 4) is 11.5 Å². The first kappa shape index (κ1) is 11.3. The summed E-state index contributed by atoms with van der Waals surface area (Å²) in [5.74, 6) is 0.992. The van der Waals surface area contributed by atoms with Gasteiger partial charge in [-0.2, -0.15) is 0 Å². The van der Waals surface area contributed by atoms with E-state index in [4.69, 9.17) is 4.74 Å². The number of benzene rings is 1. The number of aromatic hydroxyl groups is 1. The van der Waals surface area contributed by atoms with Gasteiger partial charge in [-0.25, -0.2) is 0 Å². The van der Waals surface area contributed by atoms with Gasteiger partial charge in [-0.05, 0) is 32.3 Å². The number of hydrogen-bond acceptors (Lipinski definition) is 3. The lowest BCUT2D eigenvalue weighted by Crippen LogP contribution is -2.47. The summed E-state index contributed by atoms with van der Waals surface area (Å²) in [5, 5.41) is 13.3. The zero-order valence-electron chi connectivity index (χ0n) is 9.92.